The van der Waals surface area contributed by atoms with Crippen LogP contribution in [0.2, 0.25) is 10.0 Å². The summed E-state index contributed by atoms with van der Waals surface area (Å²) >= 11 is 12.6. The maximum absolute atomic E-state index is 14.5. The zero-order chi connectivity index (χ0) is 27.2. The fraction of sp³-hybridized carbons (Fsp3) is 0.267. The van der Waals surface area contributed by atoms with Crippen molar-refractivity contribution in [1.29, 1.82) is 0 Å². The Hall–Kier alpha value is -3.52. The average molecular weight is 559 g/mol. The van der Waals surface area contributed by atoms with Gasteiger partial charge in [-0.05, 0) is 48.7 Å². The van der Waals surface area contributed by atoms with Gasteiger partial charge in [-0.15, -0.1) is 0 Å². The van der Waals surface area contributed by atoms with Gasteiger partial charge in [0.25, 0.3) is 5.56 Å². The Balaban J connectivity index is 1.52. The van der Waals surface area contributed by atoms with E-state index in [-0.39, 0.29) is 34.4 Å². The Morgan fingerprint density at radius 3 is 2.46 bits per heavy atom. The van der Waals surface area contributed by atoms with E-state index in [1.807, 2.05) is 36.4 Å². The molecule has 4 aromatic rings. The zero-order valence-electron chi connectivity index (χ0n) is 21.2. The summed E-state index contributed by atoms with van der Waals surface area (Å²) in [5, 5.41) is 4.84. The lowest BCUT2D eigenvalue weighted by molar-refractivity contribution is -0.123. The van der Waals surface area contributed by atoms with Crippen molar-refractivity contribution in [2.24, 2.45) is 17.8 Å². The number of nitrogens with zero attached hydrogens (tertiary/aromatic N) is 3. The molecule has 0 unspecified atom stereocenters. The molecule has 0 radical (unpaired) electrons. The summed E-state index contributed by atoms with van der Waals surface area (Å²) < 4.78 is 1.61. The van der Waals surface area contributed by atoms with E-state index in [1.165, 1.54) is 11.0 Å². The molecule has 2 saturated heterocycles. The van der Waals surface area contributed by atoms with Gasteiger partial charge >= 0.3 is 0 Å². The fourth-order valence-electron chi connectivity index (χ4n) is 6.83. The second kappa shape index (κ2) is 8.49. The Morgan fingerprint density at radius 1 is 0.949 bits per heavy atom. The highest BCUT2D eigenvalue weighted by Gasteiger charge is 2.69. The first-order valence-corrected chi connectivity index (χ1v) is 13.7. The quantitative estimate of drug-likeness (QED) is 0.355. The van der Waals surface area contributed by atoms with E-state index in [1.54, 1.807) is 28.8 Å². The van der Waals surface area contributed by atoms with Crippen molar-refractivity contribution < 1.29 is 9.59 Å². The Labute approximate surface area is 234 Å². The van der Waals surface area contributed by atoms with Crippen molar-refractivity contribution in [3.8, 4) is 5.69 Å². The van der Waals surface area contributed by atoms with Crippen molar-refractivity contribution in [3.63, 3.8) is 0 Å². The number of imide groups is 1. The number of carbonyl (C=O) groups is 2. The van der Waals surface area contributed by atoms with Gasteiger partial charge in [0.05, 0.1) is 39.1 Å². The monoisotopic (exact) mass is 558 g/mol. The molecule has 7 nitrogen and oxygen atoms in total. The molecule has 2 fully saturated rings. The number of benzene rings is 3. The molecule has 2 amide bonds. The second-order valence-corrected chi connectivity index (χ2v) is 11.8. The van der Waals surface area contributed by atoms with E-state index in [4.69, 9.17) is 28.2 Å². The lowest BCUT2D eigenvalue weighted by Crippen LogP contribution is -2.50. The number of halogens is 2. The summed E-state index contributed by atoms with van der Waals surface area (Å²) in [4.78, 5) is 48.7. The molecule has 3 aliphatic rings. The average Bonchev–Trinajstić information content (AvgIpc) is 3.47. The van der Waals surface area contributed by atoms with Gasteiger partial charge in [0, 0.05) is 16.6 Å². The maximum Gasteiger partial charge on any atom is 0.266 e. The molecule has 1 N–H and O–H groups in total. The van der Waals surface area contributed by atoms with Crippen molar-refractivity contribution in [2.75, 3.05) is 4.90 Å². The van der Waals surface area contributed by atoms with Gasteiger partial charge in [-0.3, -0.25) is 24.3 Å². The van der Waals surface area contributed by atoms with Crippen molar-refractivity contribution in [1.82, 2.24) is 14.9 Å². The van der Waals surface area contributed by atoms with E-state index < -0.39 is 17.4 Å². The lowest BCUT2D eigenvalue weighted by Gasteiger charge is -2.32. The largest absolute Gasteiger partial charge is 0.297 e. The van der Waals surface area contributed by atoms with Crippen LogP contribution < -0.4 is 15.8 Å². The number of fused-ring (bicyclic) bond motifs is 8. The number of para-hydroxylation sites is 2. The van der Waals surface area contributed by atoms with Crippen molar-refractivity contribution >= 4 is 51.6 Å². The molecular formula is C30H24Cl2N4O3. The predicted molar refractivity (Wildman–Crippen MR) is 150 cm³/mol. The van der Waals surface area contributed by atoms with Crippen LogP contribution in [-0.4, -0.2) is 27.4 Å². The Bertz CT molecular complexity index is 1780. The normalized spacial score (nSPS) is 25.2. The highest BCUT2D eigenvalue weighted by atomic mass is 35.5. The number of carbonyl (C=O) groups excluding carboxylic acids is 2. The molecule has 4 heterocycles. The molecule has 3 aromatic carbocycles. The number of nitrogens with one attached hydrogen (secondary N) is 1. The summed E-state index contributed by atoms with van der Waals surface area (Å²) in [5.41, 5.74) is 0.886. The van der Waals surface area contributed by atoms with Gasteiger partial charge in [0.2, 0.25) is 11.8 Å². The summed E-state index contributed by atoms with van der Waals surface area (Å²) in [6, 6.07) is 19.2. The lowest BCUT2D eigenvalue weighted by atomic mass is 9.75. The van der Waals surface area contributed by atoms with Crippen LogP contribution in [0, 0.1) is 17.8 Å². The second-order valence-electron chi connectivity index (χ2n) is 10.9. The van der Waals surface area contributed by atoms with Gasteiger partial charge in [-0.2, -0.15) is 0 Å². The predicted octanol–water partition coefficient (Wildman–Crippen LogP) is 5.07. The van der Waals surface area contributed by atoms with Crippen LogP contribution in [0.15, 0.2) is 71.5 Å². The number of anilines is 1. The van der Waals surface area contributed by atoms with E-state index in [0.717, 1.165) is 5.56 Å². The number of rotatable bonds is 3. The molecule has 1 spiro atoms. The van der Waals surface area contributed by atoms with Crippen LogP contribution in [0.1, 0.15) is 31.7 Å². The smallest absolute Gasteiger partial charge is 0.266 e. The standard InChI is InChI=1S/C30H24Cl2N4O3/c1-15(2)13-21-24-25(28(39)35(27(24)38)23-12-11-16(31)14-19(23)32)30(34-21)18-8-4-6-10-22(18)36-26(37)17-7-3-5-9-20(17)33-29(30)36/h3-12,14-15,21,24-25,34H,13H2,1-2H3/t21-,24+,25-,30+/m1/s1. The summed E-state index contributed by atoms with van der Waals surface area (Å²) in [5.74, 6) is -1.52. The molecule has 39 heavy (non-hydrogen) atoms. The third-order valence-corrected chi connectivity index (χ3v) is 8.78. The fourth-order valence-corrected chi connectivity index (χ4v) is 7.32. The van der Waals surface area contributed by atoms with E-state index >= 15 is 0 Å². The van der Waals surface area contributed by atoms with Gasteiger partial charge in [-0.1, -0.05) is 67.4 Å². The summed E-state index contributed by atoms with van der Waals surface area (Å²) in [7, 11) is 0. The first-order valence-electron chi connectivity index (χ1n) is 13.0. The molecule has 0 saturated carbocycles. The first-order chi connectivity index (χ1) is 18.7. The van der Waals surface area contributed by atoms with Gasteiger partial charge in [0.15, 0.2) is 0 Å². The molecule has 0 aliphatic carbocycles. The van der Waals surface area contributed by atoms with E-state index in [9.17, 15) is 14.4 Å². The molecule has 1 aromatic heterocycles. The molecule has 4 atom stereocenters. The molecular weight excluding hydrogens is 535 g/mol. The SMILES string of the molecule is CC(C)C[C@H]1N[C@@]2(c3ccccc3-n3c2nc2ccccc2c3=O)[C@H]2C(=O)N(c3ccc(Cl)cc3Cl)C(=O)[C@@H]12. The van der Waals surface area contributed by atoms with E-state index in [2.05, 4.69) is 19.2 Å². The van der Waals surface area contributed by atoms with Gasteiger partial charge < -0.3 is 0 Å². The molecule has 7 rings (SSSR count). The maximum atomic E-state index is 14.5. The van der Waals surface area contributed by atoms with Crippen LogP contribution in [0.5, 0.6) is 0 Å². The van der Waals surface area contributed by atoms with Crippen LogP contribution in [0.3, 0.4) is 0 Å². The van der Waals surface area contributed by atoms with Gasteiger partial charge in [-0.25, -0.2) is 9.88 Å². The minimum Gasteiger partial charge on any atom is -0.297 e. The zero-order valence-corrected chi connectivity index (χ0v) is 22.7. The van der Waals surface area contributed by atoms with E-state index in [0.29, 0.717) is 39.5 Å². The highest BCUT2D eigenvalue weighted by molar-refractivity contribution is 6.38. The molecule has 3 aliphatic heterocycles. The third-order valence-electron chi connectivity index (χ3n) is 8.24. The molecule has 9 heteroatoms. The summed E-state index contributed by atoms with van der Waals surface area (Å²) in [6.07, 6.45) is 0.657. The van der Waals surface area contributed by atoms with Crippen LogP contribution in [-0.2, 0) is 15.1 Å². The third kappa shape index (κ3) is 3.21. The Kier molecular flexibility index (Phi) is 5.34. The van der Waals surface area contributed by atoms with Crippen LogP contribution >= 0.6 is 23.2 Å². The van der Waals surface area contributed by atoms with Crippen LogP contribution in [0.25, 0.3) is 16.6 Å². The number of hydrogen-bond donors (Lipinski definition) is 1. The number of hydrogen-bond acceptors (Lipinski definition) is 5. The topological polar surface area (TPSA) is 84.3 Å². The number of aromatic nitrogens is 2. The Morgan fingerprint density at radius 2 is 1.69 bits per heavy atom. The highest BCUT2D eigenvalue weighted by Crippen LogP contribution is 2.56. The molecule has 0 bridgehead atoms. The van der Waals surface area contributed by atoms with Gasteiger partial charge in [0.1, 0.15) is 11.4 Å². The van der Waals surface area contributed by atoms with Crippen molar-refractivity contribution in [2.45, 2.75) is 31.8 Å². The number of amides is 2. The minimum absolute atomic E-state index is 0.208. The first kappa shape index (κ1) is 24.5. The minimum atomic E-state index is -1.18. The van der Waals surface area contributed by atoms with Crippen LogP contribution in [0.4, 0.5) is 5.69 Å². The molecule has 196 valence electrons. The summed E-state index contributed by atoms with van der Waals surface area (Å²) in [6.45, 7) is 4.17. The van der Waals surface area contributed by atoms with Crippen molar-refractivity contribution in [3.05, 3.63) is 98.5 Å².